The van der Waals surface area contributed by atoms with E-state index in [2.05, 4.69) is 6.07 Å². The lowest BCUT2D eigenvalue weighted by Crippen LogP contribution is -2.40. The zero-order valence-corrected chi connectivity index (χ0v) is 21.0. The number of hydrogen-bond acceptors (Lipinski definition) is 6. The van der Waals surface area contributed by atoms with Gasteiger partial charge in [0, 0.05) is 24.4 Å². The van der Waals surface area contributed by atoms with E-state index in [9.17, 15) is 13.2 Å². The fourth-order valence-electron chi connectivity index (χ4n) is 4.67. The van der Waals surface area contributed by atoms with E-state index in [1.54, 1.807) is 30.3 Å². The summed E-state index contributed by atoms with van der Waals surface area (Å²) in [7, 11) is -3.92. The predicted octanol–water partition coefficient (Wildman–Crippen LogP) is 5.24. The third kappa shape index (κ3) is 5.43. The van der Waals surface area contributed by atoms with E-state index in [-0.39, 0.29) is 17.3 Å². The van der Waals surface area contributed by atoms with Crippen LogP contribution in [0, 0.1) is 11.3 Å². The van der Waals surface area contributed by atoms with E-state index in [1.807, 2.05) is 42.5 Å². The Morgan fingerprint density at radius 1 is 1.03 bits per heavy atom. The molecule has 2 heterocycles. The standard InChI is InChI=1S/C29H26N2O5S/c30-19-22-7-3-8-23(16-22)20-35-25-10-4-6-21(17-25)13-14-27(32)26-11-5-15-31(26)37(33,34)29-18-24-9-1-2-12-28(24)36-29/h1-4,6-10,12,16-18,26H,5,11,13-15,20H2. The quantitative estimate of drug-likeness (QED) is 0.303. The van der Waals surface area contributed by atoms with Gasteiger partial charge in [-0.1, -0.05) is 42.5 Å². The number of furan rings is 1. The van der Waals surface area contributed by atoms with Crippen LogP contribution >= 0.6 is 0 Å². The summed E-state index contributed by atoms with van der Waals surface area (Å²) >= 11 is 0. The molecular weight excluding hydrogens is 488 g/mol. The first kappa shape index (κ1) is 24.8. The summed E-state index contributed by atoms with van der Waals surface area (Å²) in [6, 6.07) is 24.9. The lowest BCUT2D eigenvalue weighted by molar-refractivity contribution is -0.122. The van der Waals surface area contributed by atoms with E-state index in [1.165, 1.54) is 10.4 Å². The number of aryl methyl sites for hydroxylation is 1. The largest absolute Gasteiger partial charge is 0.489 e. The van der Waals surface area contributed by atoms with Crippen molar-refractivity contribution in [1.82, 2.24) is 4.31 Å². The molecule has 1 atom stereocenters. The van der Waals surface area contributed by atoms with E-state index in [0.29, 0.717) is 54.7 Å². The number of Topliss-reactive ketones (excluding diaryl/α,β-unsaturated/α-hetero) is 1. The minimum Gasteiger partial charge on any atom is -0.489 e. The lowest BCUT2D eigenvalue weighted by atomic mass is 10.0. The third-order valence-corrected chi connectivity index (χ3v) is 8.33. The van der Waals surface area contributed by atoms with Crippen molar-refractivity contribution in [3.63, 3.8) is 0 Å². The number of carbonyl (C=O) groups excluding carboxylic acids is 1. The topological polar surface area (TPSA) is 101 Å². The van der Waals surface area contributed by atoms with E-state index >= 15 is 0 Å². The average Bonchev–Trinajstić information content (AvgIpc) is 3.60. The zero-order valence-electron chi connectivity index (χ0n) is 20.2. The smallest absolute Gasteiger partial charge is 0.277 e. The van der Waals surface area contributed by atoms with Crippen molar-refractivity contribution in [2.45, 2.75) is 43.4 Å². The molecule has 7 nitrogen and oxygen atoms in total. The molecule has 0 bridgehead atoms. The molecule has 0 N–H and O–H groups in total. The molecule has 188 valence electrons. The first-order chi connectivity index (χ1) is 17.9. The van der Waals surface area contributed by atoms with Gasteiger partial charge in [0.15, 0.2) is 5.78 Å². The molecule has 0 saturated carbocycles. The maximum Gasteiger partial charge on any atom is 0.277 e. The number of fused-ring (bicyclic) bond motifs is 1. The Bertz CT molecular complexity index is 1550. The summed E-state index contributed by atoms with van der Waals surface area (Å²) in [5.74, 6) is 0.569. The van der Waals surface area contributed by atoms with Crippen LogP contribution in [-0.2, 0) is 27.8 Å². The normalized spacial score (nSPS) is 16.0. The summed E-state index contributed by atoms with van der Waals surface area (Å²) in [4.78, 5) is 13.1. The molecule has 8 heteroatoms. The molecule has 0 amide bonds. The summed E-state index contributed by atoms with van der Waals surface area (Å²) in [5.41, 5.74) is 2.91. The molecule has 3 aromatic carbocycles. The van der Waals surface area contributed by atoms with Gasteiger partial charge in [-0.2, -0.15) is 9.57 Å². The van der Waals surface area contributed by atoms with Gasteiger partial charge in [-0.05, 0) is 60.7 Å². The van der Waals surface area contributed by atoms with Gasteiger partial charge in [0.1, 0.15) is 17.9 Å². The predicted molar refractivity (Wildman–Crippen MR) is 138 cm³/mol. The number of benzene rings is 3. The van der Waals surface area contributed by atoms with Crippen molar-refractivity contribution in [2.75, 3.05) is 6.54 Å². The molecule has 1 fully saturated rings. The van der Waals surface area contributed by atoms with Crippen molar-refractivity contribution in [1.29, 1.82) is 5.26 Å². The Morgan fingerprint density at radius 3 is 2.68 bits per heavy atom. The van der Waals surface area contributed by atoms with E-state index in [0.717, 1.165) is 11.1 Å². The van der Waals surface area contributed by atoms with Gasteiger partial charge < -0.3 is 9.15 Å². The van der Waals surface area contributed by atoms with Crippen LogP contribution in [-0.4, -0.2) is 31.1 Å². The van der Waals surface area contributed by atoms with Crippen molar-refractivity contribution in [3.05, 3.63) is 95.6 Å². The number of carbonyl (C=O) groups is 1. The highest BCUT2D eigenvalue weighted by molar-refractivity contribution is 7.89. The van der Waals surface area contributed by atoms with Crippen LogP contribution in [0.3, 0.4) is 0 Å². The molecule has 4 aromatic rings. The number of ether oxygens (including phenoxy) is 1. The lowest BCUT2D eigenvalue weighted by Gasteiger charge is -2.21. The summed E-state index contributed by atoms with van der Waals surface area (Å²) in [6.07, 6.45) is 1.84. The summed E-state index contributed by atoms with van der Waals surface area (Å²) in [6.45, 7) is 0.626. The van der Waals surface area contributed by atoms with Gasteiger partial charge in [-0.3, -0.25) is 4.79 Å². The molecule has 1 aliphatic rings. The zero-order chi connectivity index (χ0) is 25.8. The first-order valence-corrected chi connectivity index (χ1v) is 13.6. The highest BCUT2D eigenvalue weighted by Crippen LogP contribution is 2.31. The van der Waals surface area contributed by atoms with Gasteiger partial charge in [0.25, 0.3) is 10.0 Å². The van der Waals surface area contributed by atoms with Crippen LogP contribution in [0.25, 0.3) is 11.0 Å². The Balaban J connectivity index is 1.22. The number of nitrogens with zero attached hydrogens (tertiary/aromatic N) is 2. The minimum absolute atomic E-state index is 0.100. The molecule has 1 aliphatic heterocycles. The van der Waals surface area contributed by atoms with Crippen LogP contribution in [0.2, 0.25) is 0 Å². The monoisotopic (exact) mass is 514 g/mol. The molecule has 1 aromatic heterocycles. The fourth-order valence-corrected chi connectivity index (χ4v) is 6.30. The Morgan fingerprint density at radius 2 is 1.84 bits per heavy atom. The number of nitriles is 1. The van der Waals surface area contributed by atoms with Gasteiger partial charge in [-0.15, -0.1) is 0 Å². The summed E-state index contributed by atoms with van der Waals surface area (Å²) < 4.78 is 39.4. The van der Waals surface area contributed by atoms with Crippen molar-refractivity contribution in [3.8, 4) is 11.8 Å². The molecular formula is C29H26N2O5S. The number of rotatable bonds is 9. The maximum atomic E-state index is 13.3. The van der Waals surface area contributed by atoms with Crippen LogP contribution in [0.1, 0.15) is 36.0 Å². The molecule has 1 unspecified atom stereocenters. The van der Waals surface area contributed by atoms with Crippen LogP contribution in [0.5, 0.6) is 5.75 Å². The Hall–Kier alpha value is -3.93. The van der Waals surface area contributed by atoms with E-state index in [4.69, 9.17) is 14.4 Å². The summed E-state index contributed by atoms with van der Waals surface area (Å²) in [5, 5.41) is 9.64. The first-order valence-electron chi connectivity index (χ1n) is 12.2. The number of para-hydroxylation sites is 1. The number of ketones is 1. The van der Waals surface area contributed by atoms with Crippen LogP contribution < -0.4 is 4.74 Å². The number of hydrogen-bond donors (Lipinski definition) is 0. The SMILES string of the molecule is N#Cc1cccc(COc2cccc(CCC(=O)C3CCCN3S(=O)(=O)c3cc4ccccc4o3)c2)c1. The van der Waals surface area contributed by atoms with Crippen molar-refractivity contribution >= 4 is 26.8 Å². The van der Waals surface area contributed by atoms with Crippen molar-refractivity contribution < 1.29 is 22.4 Å². The number of sulfonamides is 1. The average molecular weight is 515 g/mol. The molecule has 5 rings (SSSR count). The molecule has 0 aliphatic carbocycles. The highest BCUT2D eigenvalue weighted by atomic mass is 32.2. The Kier molecular flexibility index (Phi) is 7.08. The molecule has 0 radical (unpaired) electrons. The van der Waals surface area contributed by atoms with Gasteiger partial charge in [0.05, 0.1) is 17.7 Å². The van der Waals surface area contributed by atoms with Crippen LogP contribution in [0.15, 0.2) is 88.4 Å². The van der Waals surface area contributed by atoms with Gasteiger partial charge in [0.2, 0.25) is 5.09 Å². The second-order valence-corrected chi connectivity index (χ2v) is 10.9. The third-order valence-electron chi connectivity index (χ3n) is 6.56. The second kappa shape index (κ2) is 10.6. The van der Waals surface area contributed by atoms with Crippen molar-refractivity contribution in [2.24, 2.45) is 0 Å². The second-order valence-electron chi connectivity index (χ2n) is 9.09. The van der Waals surface area contributed by atoms with Gasteiger partial charge in [-0.25, -0.2) is 8.42 Å². The molecule has 0 spiro atoms. The minimum atomic E-state index is -3.92. The fraction of sp³-hybridized carbons (Fsp3) is 0.241. The van der Waals surface area contributed by atoms with Crippen LogP contribution in [0.4, 0.5) is 0 Å². The van der Waals surface area contributed by atoms with E-state index < -0.39 is 16.1 Å². The van der Waals surface area contributed by atoms with Gasteiger partial charge >= 0.3 is 0 Å². The molecule has 37 heavy (non-hydrogen) atoms. The highest BCUT2D eigenvalue weighted by Gasteiger charge is 2.40. The molecule has 1 saturated heterocycles. The maximum absolute atomic E-state index is 13.3. The Labute approximate surface area is 215 Å².